The molecule has 1 saturated heterocycles. The first kappa shape index (κ1) is 16.1. The first-order chi connectivity index (χ1) is 7.60. The minimum Gasteiger partial charge on any atom is -0.481 e. The standard InChI is InChI=1S/C9H18OS2.C2H4O2/c1-2-3-4-5-9-11-7-8(6-10)12-9;1-2(3)4/h8-10H,2-7H2,1H3;1H3,(H,3,4)/t8-,9+;/m0./s1. The van der Waals surface area contributed by atoms with E-state index in [2.05, 4.69) is 6.92 Å². The summed E-state index contributed by atoms with van der Waals surface area (Å²) in [4.78, 5) is 9.00. The summed E-state index contributed by atoms with van der Waals surface area (Å²) < 4.78 is 0.772. The van der Waals surface area contributed by atoms with Gasteiger partial charge in [0.05, 0.1) is 11.2 Å². The molecule has 0 bridgehead atoms. The van der Waals surface area contributed by atoms with Crippen molar-refractivity contribution in [1.29, 1.82) is 0 Å². The molecule has 1 rings (SSSR count). The lowest BCUT2D eigenvalue weighted by Crippen LogP contribution is -2.06. The highest BCUT2D eigenvalue weighted by Gasteiger charge is 2.24. The predicted octanol–water partition coefficient (Wildman–Crippen LogP) is 2.82. The fraction of sp³-hybridized carbons (Fsp3) is 0.909. The summed E-state index contributed by atoms with van der Waals surface area (Å²) in [6.07, 6.45) is 5.37. The Morgan fingerprint density at radius 3 is 2.50 bits per heavy atom. The molecule has 0 aromatic rings. The quantitative estimate of drug-likeness (QED) is 0.749. The Morgan fingerprint density at radius 1 is 1.44 bits per heavy atom. The van der Waals surface area contributed by atoms with E-state index in [1.54, 1.807) is 0 Å². The number of carbonyl (C=O) groups is 1. The van der Waals surface area contributed by atoms with Crippen molar-refractivity contribution in [2.75, 3.05) is 12.4 Å². The third-order valence-corrected chi connectivity index (χ3v) is 5.45. The summed E-state index contributed by atoms with van der Waals surface area (Å²) in [5, 5.41) is 16.9. The molecule has 0 unspecified atom stereocenters. The number of carboxylic acids is 1. The van der Waals surface area contributed by atoms with Gasteiger partial charge in [-0.25, -0.2) is 0 Å². The third-order valence-electron chi connectivity index (χ3n) is 2.06. The van der Waals surface area contributed by atoms with Gasteiger partial charge in [0.15, 0.2) is 0 Å². The van der Waals surface area contributed by atoms with Gasteiger partial charge in [0.1, 0.15) is 0 Å². The molecule has 2 atom stereocenters. The van der Waals surface area contributed by atoms with Crippen molar-refractivity contribution in [3.05, 3.63) is 0 Å². The maximum atomic E-state index is 9.00. The lowest BCUT2D eigenvalue weighted by Gasteiger charge is -2.07. The third kappa shape index (κ3) is 9.36. The van der Waals surface area contributed by atoms with E-state index < -0.39 is 5.97 Å². The zero-order valence-electron chi connectivity index (χ0n) is 10.0. The van der Waals surface area contributed by atoms with Crippen LogP contribution in [0, 0.1) is 0 Å². The first-order valence-corrected chi connectivity index (χ1v) is 7.66. The molecule has 2 N–H and O–H groups in total. The minimum absolute atomic E-state index is 0.363. The van der Waals surface area contributed by atoms with Gasteiger partial charge >= 0.3 is 0 Å². The van der Waals surface area contributed by atoms with Gasteiger partial charge in [0, 0.05) is 17.9 Å². The van der Waals surface area contributed by atoms with Crippen LogP contribution in [0.4, 0.5) is 0 Å². The molecule has 5 heteroatoms. The average Bonchev–Trinajstić information content (AvgIpc) is 2.65. The van der Waals surface area contributed by atoms with E-state index in [1.807, 2.05) is 23.5 Å². The second-order valence-electron chi connectivity index (χ2n) is 3.72. The van der Waals surface area contributed by atoms with Crippen molar-refractivity contribution >= 4 is 29.5 Å². The van der Waals surface area contributed by atoms with Gasteiger partial charge in [-0.3, -0.25) is 4.79 Å². The molecule has 1 fully saturated rings. The van der Waals surface area contributed by atoms with Crippen molar-refractivity contribution in [1.82, 2.24) is 0 Å². The summed E-state index contributed by atoms with van der Waals surface area (Å²) in [5.74, 6) is 0.317. The van der Waals surface area contributed by atoms with Crippen molar-refractivity contribution in [3.63, 3.8) is 0 Å². The molecule has 16 heavy (non-hydrogen) atoms. The number of hydrogen-bond donors (Lipinski definition) is 2. The molecule has 0 saturated carbocycles. The number of aliphatic hydroxyl groups is 1. The Morgan fingerprint density at radius 2 is 2.06 bits per heavy atom. The highest BCUT2D eigenvalue weighted by molar-refractivity contribution is 8.20. The second-order valence-corrected chi connectivity index (χ2v) is 6.76. The number of thioether (sulfide) groups is 2. The van der Waals surface area contributed by atoms with Crippen molar-refractivity contribution in [2.24, 2.45) is 0 Å². The van der Waals surface area contributed by atoms with Crippen LogP contribution >= 0.6 is 23.5 Å². The zero-order valence-corrected chi connectivity index (χ0v) is 11.6. The lowest BCUT2D eigenvalue weighted by molar-refractivity contribution is -0.134. The lowest BCUT2D eigenvalue weighted by atomic mass is 10.2. The van der Waals surface area contributed by atoms with Gasteiger partial charge in [-0.2, -0.15) is 0 Å². The molecule has 0 aromatic carbocycles. The second kappa shape index (κ2) is 10.3. The Labute approximate surface area is 106 Å². The van der Waals surface area contributed by atoms with E-state index in [4.69, 9.17) is 15.0 Å². The topological polar surface area (TPSA) is 57.5 Å². The Balaban J connectivity index is 0.000000487. The van der Waals surface area contributed by atoms with E-state index in [9.17, 15) is 0 Å². The fourth-order valence-electron chi connectivity index (χ4n) is 1.32. The number of aliphatic hydroxyl groups excluding tert-OH is 1. The number of aliphatic carboxylic acids is 1. The van der Waals surface area contributed by atoms with E-state index in [1.165, 1.54) is 25.7 Å². The minimum atomic E-state index is -0.833. The fourth-order valence-corrected chi connectivity index (χ4v) is 4.57. The van der Waals surface area contributed by atoms with Gasteiger partial charge < -0.3 is 10.2 Å². The van der Waals surface area contributed by atoms with Gasteiger partial charge in [-0.15, -0.1) is 23.5 Å². The highest BCUT2D eigenvalue weighted by Crippen LogP contribution is 2.40. The van der Waals surface area contributed by atoms with Crippen LogP contribution < -0.4 is 0 Å². The molecule has 0 radical (unpaired) electrons. The van der Waals surface area contributed by atoms with Gasteiger partial charge in [-0.05, 0) is 6.42 Å². The normalized spacial score (nSPS) is 23.7. The largest absolute Gasteiger partial charge is 0.481 e. The van der Waals surface area contributed by atoms with Crippen LogP contribution in [-0.4, -0.2) is 38.4 Å². The number of unbranched alkanes of at least 4 members (excludes halogenated alkanes) is 2. The molecule has 0 aromatic heterocycles. The molecule has 0 spiro atoms. The Bertz CT molecular complexity index is 184. The van der Waals surface area contributed by atoms with Crippen LogP contribution in [0.3, 0.4) is 0 Å². The Hall–Kier alpha value is 0.130. The summed E-state index contributed by atoms with van der Waals surface area (Å²) >= 11 is 4.00. The van der Waals surface area contributed by atoms with Crippen LogP contribution in [0.5, 0.6) is 0 Å². The monoisotopic (exact) mass is 266 g/mol. The van der Waals surface area contributed by atoms with Gasteiger partial charge in [0.25, 0.3) is 5.97 Å². The van der Waals surface area contributed by atoms with Crippen molar-refractivity contribution in [2.45, 2.75) is 49.4 Å². The van der Waals surface area contributed by atoms with E-state index in [0.29, 0.717) is 11.9 Å². The number of rotatable bonds is 5. The summed E-state index contributed by atoms with van der Waals surface area (Å²) in [6.45, 7) is 3.69. The molecule has 1 aliphatic heterocycles. The summed E-state index contributed by atoms with van der Waals surface area (Å²) in [5.41, 5.74) is 0. The van der Waals surface area contributed by atoms with Crippen molar-refractivity contribution < 1.29 is 15.0 Å². The highest BCUT2D eigenvalue weighted by atomic mass is 32.2. The average molecular weight is 266 g/mol. The van der Waals surface area contributed by atoms with Gasteiger partial charge in [0.2, 0.25) is 0 Å². The van der Waals surface area contributed by atoms with E-state index in [-0.39, 0.29) is 0 Å². The maximum Gasteiger partial charge on any atom is 0.300 e. The maximum absolute atomic E-state index is 9.00. The summed E-state index contributed by atoms with van der Waals surface area (Å²) in [7, 11) is 0. The van der Waals surface area contributed by atoms with Crippen LogP contribution in [-0.2, 0) is 4.79 Å². The SMILES string of the molecule is CC(=O)O.CCCCC[C@@H]1SC[C@H](CO)S1. The summed E-state index contributed by atoms with van der Waals surface area (Å²) in [6, 6.07) is 0. The van der Waals surface area contributed by atoms with Crippen molar-refractivity contribution in [3.8, 4) is 0 Å². The van der Waals surface area contributed by atoms with Crippen LogP contribution in [0.15, 0.2) is 0 Å². The van der Waals surface area contributed by atoms with Crippen LogP contribution in [0.2, 0.25) is 0 Å². The van der Waals surface area contributed by atoms with Gasteiger partial charge in [-0.1, -0.05) is 26.2 Å². The molecular formula is C11H22O3S2. The smallest absolute Gasteiger partial charge is 0.300 e. The van der Waals surface area contributed by atoms with Crippen LogP contribution in [0.25, 0.3) is 0 Å². The van der Waals surface area contributed by atoms with Crippen LogP contribution in [0.1, 0.15) is 39.5 Å². The molecule has 3 nitrogen and oxygen atoms in total. The zero-order chi connectivity index (χ0) is 12.4. The Kier molecular flexibility index (Phi) is 10.4. The molecule has 1 heterocycles. The molecule has 1 aliphatic rings. The molecule has 0 aliphatic carbocycles. The molecule has 96 valence electrons. The molecular weight excluding hydrogens is 244 g/mol. The number of hydrogen-bond acceptors (Lipinski definition) is 4. The molecule has 0 amide bonds. The predicted molar refractivity (Wildman–Crippen MR) is 72.2 cm³/mol. The first-order valence-electron chi connectivity index (χ1n) is 5.67. The van der Waals surface area contributed by atoms with E-state index in [0.717, 1.165) is 17.3 Å². The number of carboxylic acid groups (broad SMARTS) is 1. The van der Waals surface area contributed by atoms with E-state index >= 15 is 0 Å².